The number of primary amides is 1. The molecule has 0 spiro atoms. The molecule has 18 heavy (non-hydrogen) atoms. The molecule has 0 radical (unpaired) electrons. The second-order valence-electron chi connectivity index (χ2n) is 3.90. The number of nitrogens with zero attached hydrogens (tertiary/aromatic N) is 1. The van der Waals surface area contributed by atoms with Crippen LogP contribution >= 0.6 is 0 Å². The SMILES string of the molecule is CC(=O)CC[C@H](NC(=O)c1ccncc1)C(N)=O. The van der Waals surface area contributed by atoms with E-state index < -0.39 is 17.9 Å². The van der Waals surface area contributed by atoms with Gasteiger partial charge in [0, 0.05) is 24.4 Å². The molecule has 1 aromatic heterocycles. The second kappa shape index (κ2) is 6.48. The summed E-state index contributed by atoms with van der Waals surface area (Å²) in [5, 5.41) is 2.49. The van der Waals surface area contributed by atoms with E-state index in [0.29, 0.717) is 5.56 Å². The van der Waals surface area contributed by atoms with E-state index in [0.717, 1.165) is 0 Å². The van der Waals surface area contributed by atoms with Crippen molar-refractivity contribution >= 4 is 17.6 Å². The van der Waals surface area contributed by atoms with Gasteiger partial charge in [0.15, 0.2) is 0 Å². The van der Waals surface area contributed by atoms with Crippen molar-refractivity contribution in [2.75, 3.05) is 0 Å². The number of carbonyl (C=O) groups excluding carboxylic acids is 3. The highest BCUT2D eigenvalue weighted by Crippen LogP contribution is 2.01. The number of amides is 2. The van der Waals surface area contributed by atoms with E-state index >= 15 is 0 Å². The van der Waals surface area contributed by atoms with E-state index in [4.69, 9.17) is 5.73 Å². The van der Waals surface area contributed by atoms with Crippen LogP contribution in [0.2, 0.25) is 0 Å². The zero-order valence-electron chi connectivity index (χ0n) is 10.1. The summed E-state index contributed by atoms with van der Waals surface area (Å²) >= 11 is 0. The minimum atomic E-state index is -0.838. The van der Waals surface area contributed by atoms with Crippen LogP contribution in [0.1, 0.15) is 30.1 Å². The summed E-state index contributed by atoms with van der Waals surface area (Å²) in [6, 6.07) is 2.21. The van der Waals surface area contributed by atoms with Gasteiger partial charge in [0.2, 0.25) is 5.91 Å². The molecule has 1 rings (SSSR count). The first kappa shape index (κ1) is 13.8. The fraction of sp³-hybridized carbons (Fsp3) is 0.333. The predicted molar refractivity (Wildman–Crippen MR) is 64.6 cm³/mol. The third kappa shape index (κ3) is 4.32. The number of Topliss-reactive ketones (excluding diaryl/α,β-unsaturated/α-hetero) is 1. The number of carbonyl (C=O) groups is 3. The van der Waals surface area contributed by atoms with E-state index in [1.165, 1.54) is 31.5 Å². The van der Waals surface area contributed by atoms with Gasteiger partial charge in [-0.1, -0.05) is 0 Å². The number of rotatable bonds is 6. The van der Waals surface area contributed by atoms with Gasteiger partial charge in [0.25, 0.3) is 5.91 Å². The van der Waals surface area contributed by atoms with Gasteiger partial charge in [-0.15, -0.1) is 0 Å². The monoisotopic (exact) mass is 249 g/mol. The lowest BCUT2D eigenvalue weighted by Gasteiger charge is -2.14. The average Bonchev–Trinajstić information content (AvgIpc) is 2.34. The Morgan fingerprint density at radius 3 is 2.44 bits per heavy atom. The van der Waals surface area contributed by atoms with Crippen LogP contribution in [0.3, 0.4) is 0 Å². The molecule has 0 saturated carbocycles. The molecular weight excluding hydrogens is 234 g/mol. The van der Waals surface area contributed by atoms with Gasteiger partial charge in [-0.05, 0) is 25.5 Å². The molecule has 6 nitrogen and oxygen atoms in total. The van der Waals surface area contributed by atoms with Crippen molar-refractivity contribution in [3.63, 3.8) is 0 Å². The number of ketones is 1. The molecule has 0 aromatic carbocycles. The number of pyridine rings is 1. The lowest BCUT2D eigenvalue weighted by molar-refractivity contribution is -0.120. The minimum absolute atomic E-state index is 0.0561. The standard InChI is InChI=1S/C12H15N3O3/c1-8(16)2-3-10(11(13)17)15-12(18)9-4-6-14-7-5-9/h4-7,10H,2-3H2,1H3,(H2,13,17)(H,15,18)/t10-/m0/s1. The molecule has 0 bridgehead atoms. The smallest absolute Gasteiger partial charge is 0.252 e. The molecule has 0 saturated heterocycles. The van der Waals surface area contributed by atoms with Crippen LogP contribution in [0.4, 0.5) is 0 Å². The van der Waals surface area contributed by atoms with Crippen LogP contribution in [-0.4, -0.2) is 28.6 Å². The molecule has 6 heteroatoms. The van der Waals surface area contributed by atoms with Crippen molar-refractivity contribution in [2.24, 2.45) is 5.73 Å². The average molecular weight is 249 g/mol. The van der Waals surface area contributed by atoms with Crippen LogP contribution in [0, 0.1) is 0 Å². The number of nitrogens with two attached hydrogens (primary N) is 1. The predicted octanol–water partition coefficient (Wildman–Crippen LogP) is 0.0345. The Labute approximate surface area is 105 Å². The Morgan fingerprint density at radius 2 is 1.94 bits per heavy atom. The zero-order chi connectivity index (χ0) is 13.5. The highest BCUT2D eigenvalue weighted by Gasteiger charge is 2.19. The number of aromatic nitrogens is 1. The van der Waals surface area contributed by atoms with E-state index in [2.05, 4.69) is 10.3 Å². The van der Waals surface area contributed by atoms with Crippen LogP contribution in [0.5, 0.6) is 0 Å². The number of hydrogen-bond donors (Lipinski definition) is 2. The van der Waals surface area contributed by atoms with Gasteiger partial charge in [-0.2, -0.15) is 0 Å². The van der Waals surface area contributed by atoms with E-state index in [1.807, 2.05) is 0 Å². The Balaban J connectivity index is 2.64. The molecular formula is C12H15N3O3. The molecule has 2 amide bonds. The van der Waals surface area contributed by atoms with Gasteiger partial charge < -0.3 is 15.8 Å². The van der Waals surface area contributed by atoms with Crippen LogP contribution in [0.15, 0.2) is 24.5 Å². The van der Waals surface area contributed by atoms with Crippen molar-refractivity contribution < 1.29 is 14.4 Å². The zero-order valence-corrected chi connectivity index (χ0v) is 10.1. The van der Waals surface area contributed by atoms with Crippen LogP contribution in [0.25, 0.3) is 0 Å². The summed E-state index contributed by atoms with van der Waals surface area (Å²) in [6.45, 7) is 1.42. The molecule has 0 aliphatic rings. The molecule has 0 aliphatic carbocycles. The maximum absolute atomic E-state index is 11.8. The molecule has 0 aliphatic heterocycles. The van der Waals surface area contributed by atoms with Crippen molar-refractivity contribution in [1.29, 1.82) is 0 Å². The lowest BCUT2D eigenvalue weighted by Crippen LogP contribution is -2.44. The van der Waals surface area contributed by atoms with Gasteiger partial charge in [0.05, 0.1) is 0 Å². The van der Waals surface area contributed by atoms with Gasteiger partial charge in [-0.3, -0.25) is 14.6 Å². The lowest BCUT2D eigenvalue weighted by atomic mass is 10.1. The van der Waals surface area contributed by atoms with Crippen molar-refractivity contribution in [3.05, 3.63) is 30.1 Å². The fourth-order valence-electron chi connectivity index (χ4n) is 1.38. The normalized spacial score (nSPS) is 11.6. The summed E-state index contributed by atoms with van der Waals surface area (Å²) < 4.78 is 0. The molecule has 1 aromatic rings. The molecule has 0 unspecified atom stereocenters. The summed E-state index contributed by atoms with van der Waals surface area (Å²) in [6.07, 6.45) is 3.36. The molecule has 3 N–H and O–H groups in total. The minimum Gasteiger partial charge on any atom is -0.368 e. The van der Waals surface area contributed by atoms with Gasteiger partial charge in [-0.25, -0.2) is 0 Å². The Bertz CT molecular complexity index is 445. The Morgan fingerprint density at radius 1 is 1.33 bits per heavy atom. The van der Waals surface area contributed by atoms with Gasteiger partial charge >= 0.3 is 0 Å². The number of nitrogens with one attached hydrogen (secondary N) is 1. The van der Waals surface area contributed by atoms with E-state index in [9.17, 15) is 14.4 Å². The summed E-state index contributed by atoms with van der Waals surface area (Å²) in [4.78, 5) is 37.6. The second-order valence-corrected chi connectivity index (χ2v) is 3.90. The Hall–Kier alpha value is -2.24. The van der Waals surface area contributed by atoms with E-state index in [1.54, 1.807) is 0 Å². The summed E-state index contributed by atoms with van der Waals surface area (Å²) in [5.41, 5.74) is 5.56. The van der Waals surface area contributed by atoms with Crippen LogP contribution in [-0.2, 0) is 9.59 Å². The largest absolute Gasteiger partial charge is 0.368 e. The number of hydrogen-bond acceptors (Lipinski definition) is 4. The highest BCUT2D eigenvalue weighted by atomic mass is 16.2. The quantitative estimate of drug-likeness (QED) is 0.742. The van der Waals surface area contributed by atoms with Crippen molar-refractivity contribution in [1.82, 2.24) is 10.3 Å². The van der Waals surface area contributed by atoms with Crippen LogP contribution < -0.4 is 11.1 Å². The molecule has 1 heterocycles. The maximum Gasteiger partial charge on any atom is 0.252 e. The fourth-order valence-corrected chi connectivity index (χ4v) is 1.38. The maximum atomic E-state index is 11.8. The first-order chi connectivity index (χ1) is 8.50. The Kier molecular flexibility index (Phi) is 4.98. The molecule has 0 fully saturated rings. The van der Waals surface area contributed by atoms with Crippen molar-refractivity contribution in [3.8, 4) is 0 Å². The van der Waals surface area contributed by atoms with Gasteiger partial charge in [0.1, 0.15) is 11.8 Å². The van der Waals surface area contributed by atoms with Crippen molar-refractivity contribution in [2.45, 2.75) is 25.8 Å². The molecule has 1 atom stereocenters. The summed E-state index contributed by atoms with van der Waals surface area (Å²) in [5.74, 6) is -1.12. The third-order valence-electron chi connectivity index (χ3n) is 2.38. The topological polar surface area (TPSA) is 102 Å². The molecule has 96 valence electrons. The highest BCUT2D eigenvalue weighted by molar-refractivity contribution is 5.97. The summed E-state index contributed by atoms with van der Waals surface area (Å²) in [7, 11) is 0. The first-order valence-electron chi connectivity index (χ1n) is 5.50. The van der Waals surface area contributed by atoms with E-state index in [-0.39, 0.29) is 18.6 Å². The first-order valence-corrected chi connectivity index (χ1v) is 5.50. The third-order valence-corrected chi connectivity index (χ3v) is 2.38.